The number of benzene rings is 1. The summed E-state index contributed by atoms with van der Waals surface area (Å²) in [5.74, 6) is -3.05. The average molecular weight is 285 g/mol. The summed E-state index contributed by atoms with van der Waals surface area (Å²) in [4.78, 5) is 1.55. The molecule has 1 aromatic carbocycles. The number of oxime groups is 1. The Labute approximate surface area is 115 Å². The first kappa shape index (κ1) is 14.7. The topological polar surface area (TPSA) is 71.1 Å². The highest BCUT2D eigenvalue weighted by atomic mass is 19.3. The zero-order chi connectivity index (χ0) is 14.6. The largest absolute Gasteiger partial charge is 0.409 e. The molecule has 0 saturated carbocycles. The normalized spacial score (nSPS) is 21.9. The van der Waals surface area contributed by atoms with E-state index in [9.17, 15) is 8.78 Å². The van der Waals surface area contributed by atoms with Crippen LogP contribution in [-0.4, -0.2) is 48.3 Å². The maximum absolute atomic E-state index is 14.2. The van der Waals surface area contributed by atoms with Crippen LogP contribution in [0.3, 0.4) is 0 Å². The van der Waals surface area contributed by atoms with Crippen molar-refractivity contribution in [2.24, 2.45) is 10.9 Å². The molecule has 20 heavy (non-hydrogen) atoms. The van der Waals surface area contributed by atoms with Crippen molar-refractivity contribution in [1.82, 2.24) is 4.90 Å². The Balaban J connectivity index is 2.02. The number of rotatable bonds is 4. The van der Waals surface area contributed by atoms with Crippen LogP contribution in [0.4, 0.5) is 8.78 Å². The van der Waals surface area contributed by atoms with Gasteiger partial charge in [0.05, 0.1) is 13.2 Å². The van der Waals surface area contributed by atoms with E-state index in [2.05, 4.69) is 5.16 Å². The number of nitrogens with zero attached hydrogens (tertiary/aromatic N) is 2. The molecule has 7 heteroatoms. The molecule has 1 aromatic rings. The summed E-state index contributed by atoms with van der Waals surface area (Å²) in [6.07, 6.45) is -0.652. The van der Waals surface area contributed by atoms with Gasteiger partial charge in [0.15, 0.2) is 5.84 Å². The Morgan fingerprint density at radius 1 is 1.45 bits per heavy atom. The van der Waals surface area contributed by atoms with E-state index in [-0.39, 0.29) is 24.6 Å². The number of alkyl halides is 2. The fourth-order valence-corrected chi connectivity index (χ4v) is 2.14. The highest BCUT2D eigenvalue weighted by Crippen LogP contribution is 2.29. The van der Waals surface area contributed by atoms with Crippen LogP contribution < -0.4 is 5.73 Å². The van der Waals surface area contributed by atoms with Gasteiger partial charge in [-0.25, -0.2) is 0 Å². The smallest absolute Gasteiger partial charge is 0.285 e. The van der Waals surface area contributed by atoms with Crippen LogP contribution in [0.5, 0.6) is 0 Å². The van der Waals surface area contributed by atoms with E-state index in [4.69, 9.17) is 15.7 Å². The van der Waals surface area contributed by atoms with E-state index in [1.807, 2.05) is 0 Å². The van der Waals surface area contributed by atoms with E-state index in [1.165, 1.54) is 12.1 Å². The standard InChI is InChI=1S/C13H17F2N3O2/c14-13(15,10-4-2-1-3-5-10)9-18-6-7-20-11(8-18)12(16)17-19/h1-5,11,19H,6-9H2,(H2,16,17). The molecular weight excluding hydrogens is 268 g/mol. The molecule has 1 unspecified atom stereocenters. The minimum atomic E-state index is -2.95. The molecule has 0 bridgehead atoms. The minimum absolute atomic E-state index is 0.0214. The lowest BCUT2D eigenvalue weighted by Gasteiger charge is -2.34. The van der Waals surface area contributed by atoms with Crippen molar-refractivity contribution in [2.75, 3.05) is 26.2 Å². The van der Waals surface area contributed by atoms with Gasteiger partial charge in [0.1, 0.15) is 6.10 Å². The third kappa shape index (κ3) is 3.43. The van der Waals surface area contributed by atoms with Crippen molar-refractivity contribution in [1.29, 1.82) is 0 Å². The van der Waals surface area contributed by atoms with Crippen molar-refractivity contribution >= 4 is 5.84 Å². The summed E-state index contributed by atoms with van der Waals surface area (Å²) < 4.78 is 33.6. The number of amidine groups is 1. The molecule has 110 valence electrons. The second kappa shape index (κ2) is 6.15. The molecule has 0 aromatic heterocycles. The summed E-state index contributed by atoms with van der Waals surface area (Å²) in [5.41, 5.74) is 5.42. The van der Waals surface area contributed by atoms with Gasteiger partial charge in [-0.15, -0.1) is 0 Å². The van der Waals surface area contributed by atoms with Gasteiger partial charge in [0.2, 0.25) is 0 Å². The maximum atomic E-state index is 14.2. The first-order chi connectivity index (χ1) is 9.53. The van der Waals surface area contributed by atoms with Gasteiger partial charge in [0.25, 0.3) is 5.92 Å². The van der Waals surface area contributed by atoms with E-state index in [0.29, 0.717) is 6.54 Å². The number of ether oxygens (including phenoxy) is 1. The number of hydrogen-bond donors (Lipinski definition) is 2. The molecule has 0 spiro atoms. The molecule has 1 aliphatic heterocycles. The van der Waals surface area contributed by atoms with E-state index < -0.39 is 18.6 Å². The molecule has 1 heterocycles. The predicted molar refractivity (Wildman–Crippen MR) is 69.9 cm³/mol. The lowest BCUT2D eigenvalue weighted by molar-refractivity contribution is -0.0712. The first-order valence-corrected chi connectivity index (χ1v) is 6.27. The quantitative estimate of drug-likeness (QED) is 0.378. The lowest BCUT2D eigenvalue weighted by atomic mass is 10.1. The molecule has 2 rings (SSSR count). The fourth-order valence-electron chi connectivity index (χ4n) is 2.14. The summed E-state index contributed by atoms with van der Waals surface area (Å²) in [5, 5.41) is 11.5. The number of halogens is 2. The van der Waals surface area contributed by atoms with Crippen LogP contribution in [0.1, 0.15) is 5.56 Å². The molecular formula is C13H17F2N3O2. The van der Waals surface area contributed by atoms with Gasteiger partial charge in [-0.05, 0) is 0 Å². The van der Waals surface area contributed by atoms with Crippen LogP contribution >= 0.6 is 0 Å². The fraction of sp³-hybridized carbons (Fsp3) is 0.462. The van der Waals surface area contributed by atoms with E-state index in [1.54, 1.807) is 23.1 Å². The summed E-state index contributed by atoms with van der Waals surface area (Å²) in [6, 6.07) is 7.68. The van der Waals surface area contributed by atoms with Crippen molar-refractivity contribution < 1.29 is 18.7 Å². The number of hydrogen-bond acceptors (Lipinski definition) is 4. The van der Waals surface area contributed by atoms with Crippen molar-refractivity contribution in [3.05, 3.63) is 35.9 Å². The van der Waals surface area contributed by atoms with Gasteiger partial charge in [-0.3, -0.25) is 4.90 Å². The van der Waals surface area contributed by atoms with Crippen LogP contribution in [0, 0.1) is 0 Å². The molecule has 5 nitrogen and oxygen atoms in total. The van der Waals surface area contributed by atoms with Crippen LogP contribution in [-0.2, 0) is 10.7 Å². The highest BCUT2D eigenvalue weighted by molar-refractivity contribution is 5.84. The Hall–Kier alpha value is -1.73. The summed E-state index contributed by atoms with van der Waals surface area (Å²) >= 11 is 0. The van der Waals surface area contributed by atoms with Gasteiger partial charge < -0.3 is 15.7 Å². The van der Waals surface area contributed by atoms with Gasteiger partial charge in [0, 0.05) is 18.7 Å². The molecule has 1 fully saturated rings. The first-order valence-electron chi connectivity index (χ1n) is 6.27. The van der Waals surface area contributed by atoms with Gasteiger partial charge in [-0.2, -0.15) is 8.78 Å². The van der Waals surface area contributed by atoms with Crippen molar-refractivity contribution in [3.63, 3.8) is 0 Å². The Kier molecular flexibility index (Phi) is 4.51. The Morgan fingerprint density at radius 3 is 2.80 bits per heavy atom. The molecule has 0 aliphatic carbocycles. The van der Waals surface area contributed by atoms with Crippen molar-refractivity contribution in [3.8, 4) is 0 Å². The second-order valence-electron chi connectivity index (χ2n) is 4.69. The van der Waals surface area contributed by atoms with Gasteiger partial charge >= 0.3 is 0 Å². The molecule has 1 aliphatic rings. The maximum Gasteiger partial charge on any atom is 0.285 e. The Morgan fingerprint density at radius 2 is 2.15 bits per heavy atom. The minimum Gasteiger partial charge on any atom is -0.409 e. The third-order valence-corrected chi connectivity index (χ3v) is 3.21. The second-order valence-corrected chi connectivity index (χ2v) is 4.69. The number of nitrogens with two attached hydrogens (primary N) is 1. The summed E-state index contributed by atoms with van der Waals surface area (Å²) in [6.45, 7) is 0.414. The van der Waals surface area contributed by atoms with Crippen LogP contribution in [0.25, 0.3) is 0 Å². The lowest BCUT2D eigenvalue weighted by Crippen LogP contribution is -2.51. The zero-order valence-electron chi connectivity index (χ0n) is 10.9. The van der Waals surface area contributed by atoms with Crippen LogP contribution in [0.2, 0.25) is 0 Å². The van der Waals surface area contributed by atoms with E-state index in [0.717, 1.165) is 0 Å². The van der Waals surface area contributed by atoms with Gasteiger partial charge in [-0.1, -0.05) is 35.5 Å². The molecule has 0 amide bonds. The SMILES string of the molecule is N/C(=N/O)C1CN(CC(F)(F)c2ccccc2)CCO1. The Bertz CT molecular complexity index is 468. The average Bonchev–Trinajstić information content (AvgIpc) is 2.47. The zero-order valence-corrected chi connectivity index (χ0v) is 10.9. The third-order valence-electron chi connectivity index (χ3n) is 3.21. The van der Waals surface area contributed by atoms with E-state index >= 15 is 0 Å². The van der Waals surface area contributed by atoms with Crippen LogP contribution in [0.15, 0.2) is 35.5 Å². The number of morpholine rings is 1. The highest BCUT2D eigenvalue weighted by Gasteiger charge is 2.36. The molecule has 1 saturated heterocycles. The monoisotopic (exact) mass is 285 g/mol. The molecule has 1 atom stereocenters. The predicted octanol–water partition coefficient (Wildman–Crippen LogP) is 1.23. The summed E-state index contributed by atoms with van der Waals surface area (Å²) in [7, 11) is 0. The van der Waals surface area contributed by atoms with Crippen molar-refractivity contribution in [2.45, 2.75) is 12.0 Å². The molecule has 0 radical (unpaired) electrons. The molecule has 3 N–H and O–H groups in total.